The molecular weight excluding hydrogens is 350 g/mol. The lowest BCUT2D eigenvalue weighted by atomic mass is 10.2. The first-order chi connectivity index (χ1) is 8.99. The molecule has 0 fully saturated rings. The molecule has 19 heavy (non-hydrogen) atoms. The van der Waals surface area contributed by atoms with Gasteiger partial charge in [-0.2, -0.15) is 0 Å². The second kappa shape index (κ2) is 5.94. The molecule has 1 aromatic carbocycles. The number of carboxylic acids is 1. The number of carbonyl (C=O) groups is 1. The summed E-state index contributed by atoms with van der Waals surface area (Å²) in [6.07, 6.45) is 1.72. The Morgan fingerprint density at radius 3 is 2.84 bits per heavy atom. The maximum Gasteiger partial charge on any atom is 0.337 e. The van der Waals surface area contributed by atoms with Crippen LogP contribution in [0.15, 0.2) is 44.9 Å². The largest absolute Gasteiger partial charge is 0.478 e. The summed E-state index contributed by atoms with van der Waals surface area (Å²) in [6.45, 7) is 1.97. The monoisotopic (exact) mass is 357 g/mol. The van der Waals surface area contributed by atoms with Crippen molar-refractivity contribution in [2.24, 2.45) is 0 Å². The molecule has 6 heteroatoms. The highest BCUT2D eigenvalue weighted by molar-refractivity contribution is 9.10. The molecule has 98 valence electrons. The van der Waals surface area contributed by atoms with Crippen LogP contribution in [0.3, 0.4) is 0 Å². The smallest absolute Gasteiger partial charge is 0.337 e. The predicted octanol–water partition coefficient (Wildman–Crippen LogP) is 4.66. The SMILES string of the molecule is Cc1ccnc(Sc2ccc(Cl)c(C(=O)O)c2)c1Br. The van der Waals surface area contributed by atoms with Crippen molar-refractivity contribution in [3.05, 3.63) is 51.1 Å². The Labute approximate surface area is 128 Å². The third-order valence-electron chi connectivity index (χ3n) is 2.43. The number of hydrogen-bond donors (Lipinski definition) is 1. The molecule has 0 atom stereocenters. The molecule has 0 radical (unpaired) electrons. The van der Waals surface area contributed by atoms with Crippen molar-refractivity contribution in [1.29, 1.82) is 0 Å². The molecule has 1 N–H and O–H groups in total. The number of rotatable bonds is 3. The van der Waals surface area contributed by atoms with Crippen LogP contribution in [0.5, 0.6) is 0 Å². The third kappa shape index (κ3) is 3.29. The van der Waals surface area contributed by atoms with E-state index in [0.29, 0.717) is 0 Å². The average molecular weight is 359 g/mol. The van der Waals surface area contributed by atoms with Crippen molar-refractivity contribution in [1.82, 2.24) is 4.98 Å². The summed E-state index contributed by atoms with van der Waals surface area (Å²) < 4.78 is 0.909. The van der Waals surface area contributed by atoms with Gasteiger partial charge in [-0.05, 0) is 52.7 Å². The van der Waals surface area contributed by atoms with E-state index >= 15 is 0 Å². The number of pyridine rings is 1. The van der Waals surface area contributed by atoms with Crippen LogP contribution in [-0.4, -0.2) is 16.1 Å². The normalized spacial score (nSPS) is 10.5. The molecule has 0 aliphatic rings. The summed E-state index contributed by atoms with van der Waals surface area (Å²) in [7, 11) is 0. The second-order valence-electron chi connectivity index (χ2n) is 3.80. The molecular formula is C13H9BrClNO2S. The number of nitrogens with zero attached hydrogens (tertiary/aromatic N) is 1. The van der Waals surface area contributed by atoms with Gasteiger partial charge in [-0.15, -0.1) is 0 Å². The van der Waals surface area contributed by atoms with E-state index < -0.39 is 5.97 Å². The number of halogens is 2. The fourth-order valence-electron chi connectivity index (χ4n) is 1.43. The molecule has 1 heterocycles. The van der Waals surface area contributed by atoms with Crippen LogP contribution in [0.1, 0.15) is 15.9 Å². The van der Waals surface area contributed by atoms with Crippen molar-refractivity contribution in [3.63, 3.8) is 0 Å². The van der Waals surface area contributed by atoms with Crippen molar-refractivity contribution >= 4 is 45.3 Å². The molecule has 0 aliphatic carbocycles. The number of aryl methyl sites for hydroxylation is 1. The topological polar surface area (TPSA) is 50.2 Å². The summed E-state index contributed by atoms with van der Waals surface area (Å²) in [5.74, 6) is -1.04. The molecule has 0 unspecified atom stereocenters. The average Bonchev–Trinajstić information content (AvgIpc) is 2.37. The molecule has 3 nitrogen and oxygen atoms in total. The van der Waals surface area contributed by atoms with Crippen molar-refractivity contribution < 1.29 is 9.90 Å². The number of aromatic nitrogens is 1. The van der Waals surface area contributed by atoms with Gasteiger partial charge >= 0.3 is 5.97 Å². The van der Waals surface area contributed by atoms with E-state index in [9.17, 15) is 4.79 Å². The molecule has 0 amide bonds. The summed E-state index contributed by atoms with van der Waals surface area (Å²) >= 11 is 10.7. The van der Waals surface area contributed by atoms with Gasteiger partial charge in [-0.25, -0.2) is 9.78 Å². The van der Waals surface area contributed by atoms with Crippen molar-refractivity contribution in [3.8, 4) is 0 Å². The van der Waals surface area contributed by atoms with Gasteiger partial charge < -0.3 is 5.11 Å². The number of carboxylic acid groups (broad SMARTS) is 1. The fraction of sp³-hybridized carbons (Fsp3) is 0.0769. The van der Waals surface area contributed by atoms with E-state index in [0.717, 1.165) is 20.0 Å². The summed E-state index contributed by atoms with van der Waals surface area (Å²) in [6, 6.07) is 6.80. The highest BCUT2D eigenvalue weighted by atomic mass is 79.9. The van der Waals surface area contributed by atoms with E-state index in [1.54, 1.807) is 24.4 Å². The van der Waals surface area contributed by atoms with Crippen LogP contribution in [0.25, 0.3) is 0 Å². The first-order valence-electron chi connectivity index (χ1n) is 5.31. The van der Waals surface area contributed by atoms with E-state index in [1.807, 2.05) is 13.0 Å². The summed E-state index contributed by atoms with van der Waals surface area (Å²) in [5, 5.41) is 10.1. The molecule has 0 spiro atoms. The van der Waals surface area contributed by atoms with Crippen LogP contribution in [0.4, 0.5) is 0 Å². The minimum absolute atomic E-state index is 0.0930. The quantitative estimate of drug-likeness (QED) is 0.867. The number of hydrogen-bond acceptors (Lipinski definition) is 3. The minimum atomic E-state index is -1.04. The molecule has 2 rings (SSSR count). The zero-order valence-corrected chi connectivity index (χ0v) is 13.0. The van der Waals surface area contributed by atoms with Gasteiger partial charge in [0, 0.05) is 11.1 Å². The van der Waals surface area contributed by atoms with Crippen LogP contribution >= 0.6 is 39.3 Å². The van der Waals surface area contributed by atoms with E-state index in [1.165, 1.54) is 11.8 Å². The van der Waals surface area contributed by atoms with Crippen LogP contribution in [0.2, 0.25) is 5.02 Å². The Kier molecular flexibility index (Phi) is 4.50. The van der Waals surface area contributed by atoms with Crippen molar-refractivity contribution in [2.75, 3.05) is 0 Å². The summed E-state index contributed by atoms with van der Waals surface area (Å²) in [5.41, 5.74) is 1.17. The molecule has 2 aromatic rings. The lowest BCUT2D eigenvalue weighted by Gasteiger charge is -2.07. The van der Waals surface area contributed by atoms with Crippen LogP contribution < -0.4 is 0 Å². The lowest BCUT2D eigenvalue weighted by Crippen LogP contribution is -1.97. The van der Waals surface area contributed by atoms with Gasteiger partial charge in [0.15, 0.2) is 0 Å². The Morgan fingerprint density at radius 1 is 1.42 bits per heavy atom. The maximum absolute atomic E-state index is 11.0. The standard InChI is InChI=1S/C13H9BrClNO2S/c1-7-4-5-16-12(11(7)14)19-8-2-3-10(15)9(6-8)13(17)18/h2-6H,1H3,(H,17,18). The van der Waals surface area contributed by atoms with E-state index in [4.69, 9.17) is 16.7 Å². The lowest BCUT2D eigenvalue weighted by molar-refractivity contribution is 0.0697. The van der Waals surface area contributed by atoms with Gasteiger partial charge in [-0.3, -0.25) is 0 Å². The van der Waals surface area contributed by atoms with Gasteiger partial charge in [-0.1, -0.05) is 23.4 Å². The molecule has 1 aromatic heterocycles. The Balaban J connectivity index is 2.36. The Morgan fingerprint density at radius 2 is 2.16 bits per heavy atom. The van der Waals surface area contributed by atoms with Gasteiger partial charge in [0.05, 0.1) is 15.1 Å². The van der Waals surface area contributed by atoms with E-state index in [-0.39, 0.29) is 10.6 Å². The van der Waals surface area contributed by atoms with E-state index in [2.05, 4.69) is 20.9 Å². The Hall–Kier alpha value is -1.04. The number of aromatic carboxylic acids is 1. The highest BCUT2D eigenvalue weighted by Gasteiger charge is 2.12. The number of benzene rings is 1. The summed E-state index contributed by atoms with van der Waals surface area (Å²) in [4.78, 5) is 16.1. The van der Waals surface area contributed by atoms with Gasteiger partial charge in [0.25, 0.3) is 0 Å². The maximum atomic E-state index is 11.0. The van der Waals surface area contributed by atoms with Crippen LogP contribution in [0, 0.1) is 6.92 Å². The minimum Gasteiger partial charge on any atom is -0.478 e. The first kappa shape index (κ1) is 14.4. The van der Waals surface area contributed by atoms with Gasteiger partial charge in [0.1, 0.15) is 5.03 Å². The zero-order valence-electron chi connectivity index (χ0n) is 9.85. The molecule has 0 saturated heterocycles. The Bertz CT molecular complexity index is 649. The predicted molar refractivity (Wildman–Crippen MR) is 79.2 cm³/mol. The van der Waals surface area contributed by atoms with Crippen molar-refractivity contribution in [2.45, 2.75) is 16.8 Å². The third-order valence-corrected chi connectivity index (χ3v) is 5.02. The molecule has 0 saturated carbocycles. The molecule has 0 aliphatic heterocycles. The highest BCUT2D eigenvalue weighted by Crippen LogP contribution is 2.34. The fourth-order valence-corrected chi connectivity index (χ4v) is 3.01. The van der Waals surface area contributed by atoms with Gasteiger partial charge in [0.2, 0.25) is 0 Å². The van der Waals surface area contributed by atoms with Crippen LogP contribution in [-0.2, 0) is 0 Å². The second-order valence-corrected chi connectivity index (χ2v) is 6.06. The molecule has 0 bridgehead atoms. The first-order valence-corrected chi connectivity index (χ1v) is 7.29. The zero-order chi connectivity index (χ0) is 14.0.